The molecule has 0 aromatic heterocycles. The lowest BCUT2D eigenvalue weighted by Gasteiger charge is -2.04. The Balaban J connectivity index is 3.47. The molecule has 0 N–H and O–H groups in total. The van der Waals surface area contributed by atoms with Crippen LogP contribution in [0.15, 0.2) is 12.2 Å². The van der Waals surface area contributed by atoms with Crippen molar-refractivity contribution in [3.05, 3.63) is 12.2 Å². The minimum atomic E-state index is -0.764. The maximum Gasteiger partial charge on any atom is 0.120 e. The lowest BCUT2D eigenvalue weighted by molar-refractivity contribution is 0.314. The van der Waals surface area contributed by atoms with Crippen molar-refractivity contribution in [1.29, 1.82) is 0 Å². The molecule has 0 heterocycles. The van der Waals surface area contributed by atoms with Crippen LogP contribution >= 0.6 is 0 Å². The minimum absolute atomic E-state index is 0.117. The molecule has 0 radical (unpaired) electrons. The first-order valence-electron chi connectivity index (χ1n) is 2.95. The van der Waals surface area contributed by atoms with Gasteiger partial charge in [-0.3, -0.25) is 0 Å². The molecule has 0 spiro atoms. The van der Waals surface area contributed by atoms with Gasteiger partial charge in [-0.2, -0.15) is 0 Å². The van der Waals surface area contributed by atoms with Crippen molar-refractivity contribution in [2.45, 2.75) is 26.9 Å². The Hall–Kier alpha value is -0.330. The zero-order valence-corrected chi connectivity index (χ0v) is 5.69. The van der Waals surface area contributed by atoms with Gasteiger partial charge in [0, 0.05) is 0 Å². The van der Waals surface area contributed by atoms with E-state index in [-0.39, 0.29) is 5.92 Å². The summed E-state index contributed by atoms with van der Waals surface area (Å²) in [6, 6.07) is 0. The fourth-order valence-corrected chi connectivity index (χ4v) is 0.406. The van der Waals surface area contributed by atoms with Crippen LogP contribution in [0.25, 0.3) is 0 Å². The van der Waals surface area contributed by atoms with Crippen LogP contribution in [-0.2, 0) is 0 Å². The van der Waals surface area contributed by atoms with Gasteiger partial charge in [0.05, 0.1) is 0 Å². The van der Waals surface area contributed by atoms with E-state index in [1.54, 1.807) is 12.2 Å². The van der Waals surface area contributed by atoms with E-state index in [1.807, 2.05) is 20.8 Å². The van der Waals surface area contributed by atoms with Crippen molar-refractivity contribution >= 4 is 0 Å². The van der Waals surface area contributed by atoms with E-state index in [0.717, 1.165) is 0 Å². The highest BCUT2D eigenvalue weighted by Gasteiger charge is 2.04. The zero-order chi connectivity index (χ0) is 6.57. The second-order valence-electron chi connectivity index (χ2n) is 2.21. The number of alkyl halides is 1. The first kappa shape index (κ1) is 7.67. The summed E-state index contributed by atoms with van der Waals surface area (Å²) < 4.78 is 12.4. The molecule has 0 aliphatic carbocycles. The predicted molar refractivity (Wildman–Crippen MR) is 34.5 cm³/mol. The second kappa shape index (κ2) is 3.65. The SMILES string of the molecule is C/C=C/C(F)C(C)C. The van der Waals surface area contributed by atoms with Crippen LogP contribution in [0.1, 0.15) is 20.8 Å². The van der Waals surface area contributed by atoms with E-state index in [1.165, 1.54) is 0 Å². The molecule has 0 nitrogen and oxygen atoms in total. The molecule has 0 fully saturated rings. The Bertz CT molecular complexity index is 74.5. The third-order valence-electron chi connectivity index (χ3n) is 1.01. The van der Waals surface area contributed by atoms with Gasteiger partial charge in [-0.25, -0.2) is 4.39 Å². The number of hydrogen-bond acceptors (Lipinski definition) is 0. The van der Waals surface area contributed by atoms with Crippen LogP contribution in [0.2, 0.25) is 0 Å². The predicted octanol–water partition coefficient (Wildman–Crippen LogP) is 2.56. The van der Waals surface area contributed by atoms with Crippen molar-refractivity contribution in [1.82, 2.24) is 0 Å². The summed E-state index contributed by atoms with van der Waals surface area (Å²) >= 11 is 0. The summed E-state index contributed by atoms with van der Waals surface area (Å²) in [6.45, 7) is 5.56. The molecule has 0 rings (SSSR count). The molecule has 0 bridgehead atoms. The van der Waals surface area contributed by atoms with Crippen LogP contribution in [0, 0.1) is 5.92 Å². The molecule has 0 aliphatic rings. The van der Waals surface area contributed by atoms with Gasteiger partial charge < -0.3 is 0 Å². The molecule has 1 unspecified atom stereocenters. The molecule has 1 atom stereocenters. The summed E-state index contributed by atoms with van der Waals surface area (Å²) in [5.41, 5.74) is 0. The average molecular weight is 116 g/mol. The smallest absolute Gasteiger partial charge is 0.120 e. The van der Waals surface area contributed by atoms with E-state index in [9.17, 15) is 4.39 Å². The Morgan fingerprint density at radius 1 is 1.38 bits per heavy atom. The fourth-order valence-electron chi connectivity index (χ4n) is 0.406. The lowest BCUT2D eigenvalue weighted by Crippen LogP contribution is -2.03. The van der Waals surface area contributed by atoms with Gasteiger partial charge in [0.1, 0.15) is 6.17 Å². The molecule has 0 saturated heterocycles. The highest BCUT2D eigenvalue weighted by Crippen LogP contribution is 2.06. The van der Waals surface area contributed by atoms with Gasteiger partial charge in [-0.15, -0.1) is 0 Å². The Morgan fingerprint density at radius 2 is 1.88 bits per heavy atom. The van der Waals surface area contributed by atoms with E-state index in [0.29, 0.717) is 0 Å². The van der Waals surface area contributed by atoms with Gasteiger partial charge in [-0.05, 0) is 12.8 Å². The highest BCUT2D eigenvalue weighted by atomic mass is 19.1. The molecule has 0 amide bonds. The Kier molecular flexibility index (Phi) is 3.49. The van der Waals surface area contributed by atoms with Gasteiger partial charge in [0.25, 0.3) is 0 Å². The molecule has 0 aromatic carbocycles. The minimum Gasteiger partial charge on any atom is -0.243 e. The van der Waals surface area contributed by atoms with E-state index in [2.05, 4.69) is 0 Å². The molecular formula is C7H13F. The monoisotopic (exact) mass is 116 g/mol. The topological polar surface area (TPSA) is 0 Å². The molecule has 1 heteroatoms. The third kappa shape index (κ3) is 2.78. The third-order valence-corrected chi connectivity index (χ3v) is 1.01. The first-order valence-corrected chi connectivity index (χ1v) is 2.95. The van der Waals surface area contributed by atoms with Crippen molar-refractivity contribution in [2.75, 3.05) is 0 Å². The molecule has 0 aromatic rings. The summed E-state index contributed by atoms with van der Waals surface area (Å²) in [4.78, 5) is 0. The second-order valence-corrected chi connectivity index (χ2v) is 2.21. The molecule has 0 saturated carbocycles. The Labute approximate surface area is 50.4 Å². The summed E-state index contributed by atoms with van der Waals surface area (Å²) in [6.07, 6.45) is 2.55. The van der Waals surface area contributed by atoms with Crippen molar-refractivity contribution in [3.8, 4) is 0 Å². The number of halogens is 1. The fraction of sp³-hybridized carbons (Fsp3) is 0.714. The normalized spacial score (nSPS) is 15.6. The average Bonchev–Trinajstić information content (AvgIpc) is 1.67. The zero-order valence-electron chi connectivity index (χ0n) is 5.69. The van der Waals surface area contributed by atoms with Crippen LogP contribution in [-0.4, -0.2) is 6.17 Å². The molecule has 48 valence electrons. The molecule has 0 aliphatic heterocycles. The van der Waals surface area contributed by atoms with Crippen molar-refractivity contribution in [3.63, 3.8) is 0 Å². The van der Waals surface area contributed by atoms with E-state index >= 15 is 0 Å². The van der Waals surface area contributed by atoms with Gasteiger partial charge in [0.15, 0.2) is 0 Å². The highest BCUT2D eigenvalue weighted by molar-refractivity contribution is 4.87. The largest absolute Gasteiger partial charge is 0.243 e. The van der Waals surface area contributed by atoms with Crippen LogP contribution < -0.4 is 0 Å². The number of allylic oxidation sites excluding steroid dienone is 2. The van der Waals surface area contributed by atoms with Crippen LogP contribution in [0.5, 0.6) is 0 Å². The summed E-state index contributed by atoms with van der Waals surface area (Å²) in [5, 5.41) is 0. The maximum absolute atomic E-state index is 12.4. The van der Waals surface area contributed by atoms with Crippen molar-refractivity contribution in [2.24, 2.45) is 5.92 Å². The molecule has 8 heavy (non-hydrogen) atoms. The van der Waals surface area contributed by atoms with E-state index < -0.39 is 6.17 Å². The van der Waals surface area contributed by atoms with Gasteiger partial charge in [0.2, 0.25) is 0 Å². The van der Waals surface area contributed by atoms with E-state index in [4.69, 9.17) is 0 Å². The lowest BCUT2D eigenvalue weighted by atomic mass is 10.1. The summed E-state index contributed by atoms with van der Waals surface area (Å²) in [7, 11) is 0. The first-order chi connectivity index (χ1) is 3.68. The quantitative estimate of drug-likeness (QED) is 0.486. The molecular weight excluding hydrogens is 103 g/mol. The van der Waals surface area contributed by atoms with Crippen LogP contribution in [0.3, 0.4) is 0 Å². The van der Waals surface area contributed by atoms with Gasteiger partial charge >= 0.3 is 0 Å². The number of hydrogen-bond donors (Lipinski definition) is 0. The maximum atomic E-state index is 12.4. The number of rotatable bonds is 2. The standard InChI is InChI=1S/C7H13F/c1-4-5-7(8)6(2)3/h4-7H,1-3H3/b5-4+. The van der Waals surface area contributed by atoms with Crippen molar-refractivity contribution < 1.29 is 4.39 Å². The summed E-state index contributed by atoms with van der Waals surface area (Å²) in [5.74, 6) is 0.117. The van der Waals surface area contributed by atoms with Gasteiger partial charge in [-0.1, -0.05) is 26.0 Å². The Morgan fingerprint density at radius 3 is 2.00 bits per heavy atom. The van der Waals surface area contributed by atoms with Crippen LogP contribution in [0.4, 0.5) is 4.39 Å².